The molecule has 1 nitrogen and oxygen atoms in total. The summed E-state index contributed by atoms with van der Waals surface area (Å²) in [6.07, 6.45) is 14.4. The monoisotopic (exact) mass is 440 g/mol. The van der Waals surface area contributed by atoms with Crippen molar-refractivity contribution in [2.75, 3.05) is 0 Å². The lowest BCUT2D eigenvalue weighted by Crippen LogP contribution is -2.64. The minimum Gasteiger partial charge on any atom is -0.393 e. The van der Waals surface area contributed by atoms with E-state index in [0.29, 0.717) is 27.6 Å². The average Bonchev–Trinajstić information content (AvgIpc) is 2.68. The second kappa shape index (κ2) is 6.67. The summed E-state index contributed by atoms with van der Waals surface area (Å²) in [4.78, 5) is 0. The smallest absolute Gasteiger partial charge is 0.0596 e. The number of hydrogen-bond donors (Lipinski definition) is 1. The highest BCUT2D eigenvalue weighted by atomic mass is 16.3. The molecule has 182 valence electrons. The van der Waals surface area contributed by atoms with E-state index >= 15 is 0 Å². The van der Waals surface area contributed by atoms with Crippen LogP contribution in [-0.2, 0) is 0 Å². The van der Waals surface area contributed by atoms with Crippen molar-refractivity contribution in [3.63, 3.8) is 0 Å². The van der Waals surface area contributed by atoms with E-state index in [4.69, 9.17) is 0 Å². The number of aliphatic hydroxyl groups is 1. The summed E-state index contributed by atoms with van der Waals surface area (Å²) in [5.74, 6) is 3.20. The Morgan fingerprint density at radius 1 is 0.812 bits per heavy atom. The fraction of sp³-hybridized carbons (Fsp3) is 0.935. The zero-order valence-electron chi connectivity index (χ0n) is 22.8. The van der Waals surface area contributed by atoms with E-state index in [0.717, 1.165) is 30.6 Å². The number of hydrogen-bond acceptors (Lipinski definition) is 1. The summed E-state index contributed by atoms with van der Waals surface area (Å²) in [7, 11) is 0. The maximum atomic E-state index is 11.0. The first kappa shape index (κ1) is 23.4. The fourth-order valence-corrected chi connectivity index (χ4v) is 10.7. The summed E-state index contributed by atoms with van der Waals surface area (Å²) in [6.45, 7) is 23.0. The number of aliphatic hydroxyl groups excluding tert-OH is 1. The Balaban J connectivity index is 1.57. The molecule has 5 aliphatic carbocycles. The highest BCUT2D eigenvalue weighted by Crippen LogP contribution is 2.76. The summed E-state index contributed by atoms with van der Waals surface area (Å²) < 4.78 is 0. The van der Waals surface area contributed by atoms with Crippen LogP contribution < -0.4 is 0 Å². The molecule has 0 radical (unpaired) electrons. The van der Waals surface area contributed by atoms with E-state index < -0.39 is 0 Å². The molecular weight excluding hydrogens is 388 g/mol. The standard InChI is InChI=1S/C31H52O/c1-20-12-14-29(7)23(27(20,4)5)13-15-31(9)24(29)11-10-21-22-18-26(2,3)25(32)19-28(22,6)16-17-30(21,31)8/h10,20,22-25,32H,11-19H2,1-9H3. The molecule has 0 aromatic rings. The molecule has 0 saturated heterocycles. The van der Waals surface area contributed by atoms with Gasteiger partial charge in [0.15, 0.2) is 0 Å². The van der Waals surface area contributed by atoms with Gasteiger partial charge >= 0.3 is 0 Å². The second-order valence-electron chi connectivity index (χ2n) is 15.7. The molecule has 4 saturated carbocycles. The molecule has 0 aliphatic heterocycles. The highest BCUT2D eigenvalue weighted by molar-refractivity contribution is 5.33. The Kier molecular flexibility index (Phi) is 4.89. The Hall–Kier alpha value is -0.300. The van der Waals surface area contributed by atoms with Crippen LogP contribution in [0.1, 0.15) is 120 Å². The van der Waals surface area contributed by atoms with E-state index in [1.165, 1.54) is 44.9 Å². The lowest BCUT2D eigenvalue weighted by Gasteiger charge is -2.71. The van der Waals surface area contributed by atoms with Crippen molar-refractivity contribution in [1.29, 1.82) is 0 Å². The molecule has 1 N–H and O–H groups in total. The third kappa shape index (κ3) is 2.73. The average molecular weight is 441 g/mol. The van der Waals surface area contributed by atoms with E-state index in [9.17, 15) is 5.11 Å². The van der Waals surface area contributed by atoms with Crippen LogP contribution in [0.5, 0.6) is 0 Å². The van der Waals surface area contributed by atoms with Crippen LogP contribution in [-0.4, -0.2) is 11.2 Å². The molecule has 0 amide bonds. The van der Waals surface area contributed by atoms with Crippen LogP contribution in [0, 0.1) is 56.2 Å². The van der Waals surface area contributed by atoms with E-state index in [-0.39, 0.29) is 16.9 Å². The minimum atomic E-state index is -0.151. The molecule has 5 aliphatic rings. The molecule has 5 rings (SSSR count). The summed E-state index contributed by atoms with van der Waals surface area (Å²) in [5.41, 5.74) is 3.84. The summed E-state index contributed by atoms with van der Waals surface area (Å²) in [6, 6.07) is 0. The van der Waals surface area contributed by atoms with Crippen molar-refractivity contribution in [3.05, 3.63) is 11.6 Å². The topological polar surface area (TPSA) is 20.2 Å². The zero-order chi connectivity index (χ0) is 23.5. The van der Waals surface area contributed by atoms with Crippen molar-refractivity contribution in [1.82, 2.24) is 0 Å². The van der Waals surface area contributed by atoms with Crippen molar-refractivity contribution in [2.24, 2.45) is 56.2 Å². The van der Waals surface area contributed by atoms with Crippen molar-refractivity contribution >= 4 is 0 Å². The zero-order valence-corrected chi connectivity index (χ0v) is 22.8. The molecular formula is C31H52O. The van der Waals surface area contributed by atoms with Gasteiger partial charge in [-0.3, -0.25) is 0 Å². The van der Waals surface area contributed by atoms with Gasteiger partial charge in [0.1, 0.15) is 0 Å². The van der Waals surface area contributed by atoms with Crippen molar-refractivity contribution in [3.8, 4) is 0 Å². The van der Waals surface area contributed by atoms with Gasteiger partial charge < -0.3 is 5.11 Å². The Morgan fingerprint density at radius 3 is 2.19 bits per heavy atom. The predicted octanol–water partition coefficient (Wildman–Crippen LogP) is 8.41. The molecule has 9 unspecified atom stereocenters. The molecule has 0 heterocycles. The van der Waals surface area contributed by atoms with Crippen molar-refractivity contribution in [2.45, 2.75) is 126 Å². The third-order valence-corrected chi connectivity index (χ3v) is 13.8. The molecule has 0 aromatic heterocycles. The van der Waals surface area contributed by atoms with Gasteiger partial charge in [-0.25, -0.2) is 0 Å². The van der Waals surface area contributed by atoms with Gasteiger partial charge in [-0.2, -0.15) is 0 Å². The number of rotatable bonds is 0. The van der Waals surface area contributed by atoms with Crippen LogP contribution in [0.4, 0.5) is 0 Å². The number of fused-ring (bicyclic) bond motifs is 7. The first-order chi connectivity index (χ1) is 14.6. The van der Waals surface area contributed by atoms with Gasteiger partial charge in [0.2, 0.25) is 0 Å². The van der Waals surface area contributed by atoms with Crippen LogP contribution in [0.25, 0.3) is 0 Å². The van der Waals surface area contributed by atoms with Gasteiger partial charge in [0.25, 0.3) is 0 Å². The largest absolute Gasteiger partial charge is 0.393 e. The molecule has 32 heavy (non-hydrogen) atoms. The Labute approximate surface area is 199 Å². The lowest BCUT2D eigenvalue weighted by molar-refractivity contribution is -0.193. The van der Waals surface area contributed by atoms with Crippen LogP contribution >= 0.6 is 0 Å². The maximum absolute atomic E-state index is 11.0. The van der Waals surface area contributed by atoms with Crippen LogP contribution in [0.2, 0.25) is 0 Å². The second-order valence-corrected chi connectivity index (χ2v) is 15.7. The van der Waals surface area contributed by atoms with Crippen LogP contribution in [0.15, 0.2) is 11.6 Å². The first-order valence-electron chi connectivity index (χ1n) is 14.0. The van der Waals surface area contributed by atoms with Gasteiger partial charge in [-0.05, 0) is 114 Å². The van der Waals surface area contributed by atoms with Gasteiger partial charge in [-0.15, -0.1) is 0 Å². The molecule has 4 fully saturated rings. The molecule has 0 spiro atoms. The van der Waals surface area contributed by atoms with Gasteiger partial charge in [-0.1, -0.05) is 74.0 Å². The predicted molar refractivity (Wildman–Crippen MR) is 135 cm³/mol. The lowest BCUT2D eigenvalue weighted by atomic mass is 9.33. The highest BCUT2D eigenvalue weighted by Gasteiger charge is 2.67. The van der Waals surface area contributed by atoms with Crippen LogP contribution in [0.3, 0.4) is 0 Å². The van der Waals surface area contributed by atoms with Gasteiger partial charge in [0.05, 0.1) is 6.10 Å². The molecule has 0 aromatic carbocycles. The summed E-state index contributed by atoms with van der Waals surface area (Å²) >= 11 is 0. The third-order valence-electron chi connectivity index (χ3n) is 13.8. The minimum absolute atomic E-state index is 0.0359. The maximum Gasteiger partial charge on any atom is 0.0596 e. The Morgan fingerprint density at radius 2 is 1.50 bits per heavy atom. The Bertz CT molecular complexity index is 820. The SMILES string of the molecule is CC1CCC2(C)C(CCC3(C)C2CC=C2C4CC(C)(C)C(O)CC4(C)CCC23C)C1(C)C. The normalized spacial score (nSPS) is 56.2. The molecule has 0 bridgehead atoms. The first-order valence-corrected chi connectivity index (χ1v) is 14.0. The van der Waals surface area contributed by atoms with E-state index in [1.807, 2.05) is 5.57 Å². The number of allylic oxidation sites excluding steroid dienone is 2. The van der Waals surface area contributed by atoms with E-state index in [2.05, 4.69) is 68.4 Å². The summed E-state index contributed by atoms with van der Waals surface area (Å²) in [5, 5.41) is 11.0. The quantitative estimate of drug-likeness (QED) is 0.375. The molecule has 9 atom stereocenters. The van der Waals surface area contributed by atoms with Gasteiger partial charge in [0, 0.05) is 0 Å². The molecule has 1 heteroatoms. The van der Waals surface area contributed by atoms with Crippen molar-refractivity contribution < 1.29 is 5.11 Å². The van der Waals surface area contributed by atoms with E-state index in [1.54, 1.807) is 0 Å². The fourth-order valence-electron chi connectivity index (χ4n) is 10.7.